The molecule has 2 aromatic carbocycles. The first-order chi connectivity index (χ1) is 9.56. The maximum absolute atomic E-state index is 10.7. The van der Waals surface area contributed by atoms with Crippen LogP contribution in [0.3, 0.4) is 0 Å². The Labute approximate surface area is 145 Å². The molecule has 0 heterocycles. The number of nitrogens with zero attached hydrogens (tertiary/aromatic N) is 3. The van der Waals surface area contributed by atoms with Crippen LogP contribution in [0.2, 0.25) is 0 Å². The molecular formula is C15H15N3NaO2+. The largest absolute Gasteiger partial charge is 1.00 e. The minimum atomic E-state index is -0.951. The van der Waals surface area contributed by atoms with E-state index in [1.54, 1.807) is 12.1 Å². The summed E-state index contributed by atoms with van der Waals surface area (Å²) in [6.07, 6.45) is 0. The van der Waals surface area contributed by atoms with Gasteiger partial charge in [0.15, 0.2) is 0 Å². The van der Waals surface area contributed by atoms with Crippen LogP contribution in [0.15, 0.2) is 58.8 Å². The van der Waals surface area contributed by atoms with Crippen LogP contribution >= 0.6 is 0 Å². The van der Waals surface area contributed by atoms with Crippen molar-refractivity contribution < 1.29 is 39.5 Å². The first-order valence-electron chi connectivity index (χ1n) is 6.09. The molecule has 0 radical (unpaired) electrons. The van der Waals surface area contributed by atoms with Crippen molar-refractivity contribution in [1.29, 1.82) is 0 Å². The smallest absolute Gasteiger partial charge is 0.478 e. The summed E-state index contributed by atoms with van der Waals surface area (Å²) in [5, 5.41) is 17.0. The van der Waals surface area contributed by atoms with Gasteiger partial charge in [-0.2, -0.15) is 10.2 Å². The molecule has 21 heavy (non-hydrogen) atoms. The maximum Gasteiger partial charge on any atom is 1.00 e. The normalized spacial score (nSPS) is 10.2. The van der Waals surface area contributed by atoms with E-state index in [2.05, 4.69) is 10.2 Å². The fourth-order valence-electron chi connectivity index (χ4n) is 1.60. The molecule has 2 aromatic rings. The Hall–Kier alpha value is -1.69. The second-order valence-electron chi connectivity index (χ2n) is 4.46. The summed E-state index contributed by atoms with van der Waals surface area (Å²) in [7, 11) is 3.95. The van der Waals surface area contributed by atoms with Gasteiger partial charge in [-0.15, -0.1) is 0 Å². The fourth-order valence-corrected chi connectivity index (χ4v) is 1.60. The topological polar surface area (TPSA) is 65.3 Å². The monoisotopic (exact) mass is 292 g/mol. The molecule has 0 fully saturated rings. The van der Waals surface area contributed by atoms with Gasteiger partial charge in [0, 0.05) is 19.8 Å². The SMILES string of the molecule is CN(C)c1ccc(N=Nc2ccc(C(=O)O)cc2)cc1.[Na+]. The minimum absolute atomic E-state index is 0. The van der Waals surface area contributed by atoms with E-state index in [0.717, 1.165) is 11.4 Å². The first kappa shape index (κ1) is 17.4. The van der Waals surface area contributed by atoms with E-state index in [-0.39, 0.29) is 35.1 Å². The fraction of sp³-hybridized carbons (Fsp3) is 0.133. The quantitative estimate of drug-likeness (QED) is 0.672. The number of carbonyl (C=O) groups is 1. The molecule has 0 unspecified atom stereocenters. The van der Waals surface area contributed by atoms with Crippen molar-refractivity contribution in [1.82, 2.24) is 0 Å². The number of rotatable bonds is 4. The number of hydrogen-bond donors (Lipinski definition) is 1. The molecule has 6 heteroatoms. The van der Waals surface area contributed by atoms with Crippen LogP contribution in [0, 0.1) is 0 Å². The average molecular weight is 292 g/mol. The van der Waals surface area contributed by atoms with Gasteiger partial charge in [0.2, 0.25) is 0 Å². The van der Waals surface area contributed by atoms with Gasteiger partial charge in [-0.1, -0.05) is 0 Å². The predicted molar refractivity (Wildman–Crippen MR) is 78.3 cm³/mol. The Morgan fingerprint density at radius 1 is 0.905 bits per heavy atom. The molecule has 0 aliphatic rings. The Balaban J connectivity index is 0.00000220. The van der Waals surface area contributed by atoms with Crippen LogP contribution in [-0.2, 0) is 0 Å². The van der Waals surface area contributed by atoms with E-state index in [4.69, 9.17) is 5.11 Å². The number of hydrogen-bond acceptors (Lipinski definition) is 4. The molecule has 0 amide bonds. The van der Waals surface area contributed by atoms with Crippen molar-refractivity contribution in [2.24, 2.45) is 10.2 Å². The molecule has 0 saturated heterocycles. The third-order valence-corrected chi connectivity index (χ3v) is 2.76. The van der Waals surface area contributed by atoms with Gasteiger partial charge in [-0.25, -0.2) is 4.79 Å². The van der Waals surface area contributed by atoms with Crippen LogP contribution in [0.25, 0.3) is 0 Å². The van der Waals surface area contributed by atoms with E-state index in [1.165, 1.54) is 12.1 Å². The molecule has 5 nitrogen and oxygen atoms in total. The molecule has 0 aromatic heterocycles. The second kappa shape index (κ2) is 7.93. The molecule has 0 bridgehead atoms. The van der Waals surface area contributed by atoms with Gasteiger partial charge in [0.05, 0.1) is 16.9 Å². The molecule has 2 rings (SSSR count). The van der Waals surface area contributed by atoms with Gasteiger partial charge in [-0.3, -0.25) is 0 Å². The number of benzene rings is 2. The van der Waals surface area contributed by atoms with Crippen molar-refractivity contribution in [3.05, 3.63) is 54.1 Å². The molecule has 0 saturated carbocycles. The number of anilines is 1. The summed E-state index contributed by atoms with van der Waals surface area (Å²) >= 11 is 0. The third-order valence-electron chi connectivity index (χ3n) is 2.76. The maximum atomic E-state index is 10.7. The van der Waals surface area contributed by atoms with E-state index in [9.17, 15) is 4.79 Å². The Bertz CT molecular complexity index is 622. The Morgan fingerprint density at radius 2 is 1.33 bits per heavy atom. The molecule has 0 spiro atoms. The summed E-state index contributed by atoms with van der Waals surface area (Å²) in [6.45, 7) is 0. The minimum Gasteiger partial charge on any atom is -0.478 e. The van der Waals surface area contributed by atoms with Gasteiger partial charge in [-0.05, 0) is 48.5 Å². The number of carboxylic acids is 1. The number of carboxylic acid groups (broad SMARTS) is 1. The predicted octanol–water partition coefficient (Wildman–Crippen LogP) is 0.870. The average Bonchev–Trinajstić information content (AvgIpc) is 2.46. The zero-order valence-electron chi connectivity index (χ0n) is 12.3. The van der Waals surface area contributed by atoms with Crippen molar-refractivity contribution in [3.8, 4) is 0 Å². The molecule has 0 aliphatic heterocycles. The van der Waals surface area contributed by atoms with Gasteiger partial charge >= 0.3 is 35.5 Å². The van der Waals surface area contributed by atoms with Crippen molar-refractivity contribution in [3.63, 3.8) is 0 Å². The first-order valence-corrected chi connectivity index (χ1v) is 6.09. The van der Waals surface area contributed by atoms with Gasteiger partial charge in [0.25, 0.3) is 0 Å². The Morgan fingerprint density at radius 3 is 1.71 bits per heavy atom. The summed E-state index contributed by atoms with van der Waals surface area (Å²) in [5.41, 5.74) is 2.69. The van der Waals surface area contributed by atoms with Gasteiger partial charge < -0.3 is 10.0 Å². The van der Waals surface area contributed by atoms with Crippen LogP contribution < -0.4 is 34.5 Å². The molecular weight excluding hydrogens is 277 g/mol. The summed E-state index contributed by atoms with van der Waals surface area (Å²) in [5.74, 6) is -0.951. The summed E-state index contributed by atoms with van der Waals surface area (Å²) < 4.78 is 0. The summed E-state index contributed by atoms with van der Waals surface area (Å²) in [4.78, 5) is 12.7. The molecule has 102 valence electrons. The molecule has 1 N–H and O–H groups in total. The van der Waals surface area contributed by atoms with Gasteiger partial charge in [0.1, 0.15) is 0 Å². The Kier molecular flexibility index (Phi) is 6.55. The van der Waals surface area contributed by atoms with Crippen LogP contribution in [0.4, 0.5) is 17.1 Å². The zero-order chi connectivity index (χ0) is 14.5. The van der Waals surface area contributed by atoms with E-state index >= 15 is 0 Å². The van der Waals surface area contributed by atoms with Crippen molar-refractivity contribution >= 4 is 23.0 Å². The van der Waals surface area contributed by atoms with E-state index < -0.39 is 5.97 Å². The standard InChI is InChI=1S/C15H15N3O2.Na/c1-18(2)14-9-7-13(8-10-14)17-16-12-5-3-11(4-6-12)15(19)20;/h3-10H,1-2H3,(H,19,20);/q;+1. The van der Waals surface area contributed by atoms with E-state index in [1.807, 2.05) is 43.3 Å². The number of azo groups is 1. The van der Waals surface area contributed by atoms with E-state index in [0.29, 0.717) is 5.69 Å². The zero-order valence-corrected chi connectivity index (χ0v) is 14.3. The van der Waals surface area contributed by atoms with Crippen LogP contribution in [0.1, 0.15) is 10.4 Å². The number of aromatic carboxylic acids is 1. The third kappa shape index (κ3) is 4.97. The summed E-state index contributed by atoms with van der Waals surface area (Å²) in [6, 6.07) is 13.9. The molecule has 0 atom stereocenters. The van der Waals surface area contributed by atoms with Crippen molar-refractivity contribution in [2.75, 3.05) is 19.0 Å². The van der Waals surface area contributed by atoms with Crippen LogP contribution in [0.5, 0.6) is 0 Å². The van der Waals surface area contributed by atoms with Crippen molar-refractivity contribution in [2.45, 2.75) is 0 Å². The second-order valence-corrected chi connectivity index (χ2v) is 4.46. The molecule has 0 aliphatic carbocycles. The van der Waals surface area contributed by atoms with Crippen LogP contribution in [-0.4, -0.2) is 25.2 Å².